The molecule has 0 aliphatic carbocycles. The van der Waals surface area contributed by atoms with Crippen molar-refractivity contribution in [2.24, 2.45) is 0 Å². The van der Waals surface area contributed by atoms with E-state index in [0.29, 0.717) is 11.8 Å². The first kappa shape index (κ1) is 25.8. The van der Waals surface area contributed by atoms with Crippen LogP contribution in [-0.2, 0) is 30.6 Å². The van der Waals surface area contributed by atoms with E-state index in [4.69, 9.17) is 0 Å². The van der Waals surface area contributed by atoms with Crippen LogP contribution in [-0.4, -0.2) is 32.2 Å². The number of hydrogen-bond donors (Lipinski definition) is 4. The molecule has 33 heavy (non-hydrogen) atoms. The van der Waals surface area contributed by atoms with Crippen molar-refractivity contribution in [2.45, 2.75) is 37.9 Å². The number of halogens is 3. The first-order chi connectivity index (χ1) is 15.2. The summed E-state index contributed by atoms with van der Waals surface area (Å²) in [6, 6.07) is 6.07. The molecule has 178 valence electrons. The van der Waals surface area contributed by atoms with Crippen molar-refractivity contribution in [3.63, 3.8) is 0 Å². The fourth-order valence-corrected chi connectivity index (χ4v) is 3.84. The third-order valence-corrected chi connectivity index (χ3v) is 5.68. The van der Waals surface area contributed by atoms with E-state index in [-0.39, 0.29) is 22.2 Å². The molecule has 0 aromatic heterocycles. The highest BCUT2D eigenvalue weighted by atomic mass is 32.2. The van der Waals surface area contributed by atoms with Gasteiger partial charge in [-0.05, 0) is 49.4 Å². The van der Waals surface area contributed by atoms with Crippen LogP contribution >= 0.6 is 0 Å². The maximum absolute atomic E-state index is 13.1. The van der Waals surface area contributed by atoms with Gasteiger partial charge in [0, 0.05) is 19.5 Å². The number of anilines is 3. The minimum Gasteiger partial charge on any atom is -0.326 e. The molecular formula is C20H21F3N4O5S. The van der Waals surface area contributed by atoms with E-state index in [1.807, 2.05) is 0 Å². The summed E-state index contributed by atoms with van der Waals surface area (Å²) in [5.41, 5.74) is -1.15. The van der Waals surface area contributed by atoms with Crippen LogP contribution in [0.5, 0.6) is 0 Å². The SMILES string of the molecule is CC(=O)Nc1ccc(S(=O)(=O)N[C@@H](C)C(=O)Nc2cc(C(F)(F)F)ccc2NC(C)=O)cc1. The Balaban J connectivity index is 2.21. The number of amides is 3. The van der Waals surface area contributed by atoms with Crippen molar-refractivity contribution in [3.8, 4) is 0 Å². The molecule has 0 bridgehead atoms. The summed E-state index contributed by atoms with van der Waals surface area (Å²) in [5.74, 6) is -1.89. The lowest BCUT2D eigenvalue weighted by Crippen LogP contribution is -2.41. The van der Waals surface area contributed by atoms with Gasteiger partial charge in [0.2, 0.25) is 27.7 Å². The Morgan fingerprint density at radius 1 is 0.848 bits per heavy atom. The van der Waals surface area contributed by atoms with Crippen LogP contribution in [0.1, 0.15) is 26.3 Å². The Morgan fingerprint density at radius 2 is 1.42 bits per heavy atom. The summed E-state index contributed by atoms with van der Waals surface area (Å²) >= 11 is 0. The third kappa shape index (κ3) is 7.29. The molecule has 0 unspecified atom stereocenters. The van der Waals surface area contributed by atoms with Gasteiger partial charge in [-0.25, -0.2) is 8.42 Å². The van der Waals surface area contributed by atoms with Crippen molar-refractivity contribution in [1.82, 2.24) is 4.72 Å². The van der Waals surface area contributed by atoms with Gasteiger partial charge in [0.25, 0.3) is 0 Å². The first-order valence-corrected chi connectivity index (χ1v) is 10.9. The fraction of sp³-hybridized carbons (Fsp3) is 0.250. The molecular weight excluding hydrogens is 465 g/mol. The molecule has 9 nitrogen and oxygen atoms in total. The predicted molar refractivity (Wildman–Crippen MR) is 115 cm³/mol. The lowest BCUT2D eigenvalue weighted by molar-refractivity contribution is -0.137. The molecule has 1 atom stereocenters. The molecule has 0 radical (unpaired) electrons. The van der Waals surface area contributed by atoms with Gasteiger partial charge in [-0.2, -0.15) is 17.9 Å². The van der Waals surface area contributed by atoms with Gasteiger partial charge in [0.05, 0.1) is 27.9 Å². The predicted octanol–water partition coefficient (Wildman–Crippen LogP) is 2.93. The molecule has 4 N–H and O–H groups in total. The summed E-state index contributed by atoms with van der Waals surface area (Å²) in [4.78, 5) is 34.7. The van der Waals surface area contributed by atoms with Crippen LogP contribution in [0.2, 0.25) is 0 Å². The second kappa shape index (κ2) is 10.0. The molecule has 0 saturated heterocycles. The summed E-state index contributed by atoms with van der Waals surface area (Å²) in [6.45, 7) is 3.62. The molecule has 0 fully saturated rings. The number of alkyl halides is 3. The van der Waals surface area contributed by atoms with Crippen molar-refractivity contribution < 1.29 is 36.0 Å². The molecule has 13 heteroatoms. The summed E-state index contributed by atoms with van der Waals surface area (Å²) in [5, 5.41) is 6.98. The maximum atomic E-state index is 13.1. The topological polar surface area (TPSA) is 133 Å². The average molecular weight is 486 g/mol. The number of carbonyl (C=O) groups excluding carboxylic acids is 3. The summed E-state index contributed by atoms with van der Waals surface area (Å²) in [6.07, 6.45) is -4.70. The van der Waals surface area contributed by atoms with Gasteiger partial charge < -0.3 is 16.0 Å². The highest BCUT2D eigenvalue weighted by Gasteiger charge is 2.31. The van der Waals surface area contributed by atoms with Crippen LogP contribution in [0.3, 0.4) is 0 Å². The second-order valence-electron chi connectivity index (χ2n) is 6.98. The number of hydrogen-bond acceptors (Lipinski definition) is 5. The second-order valence-corrected chi connectivity index (χ2v) is 8.69. The fourth-order valence-electron chi connectivity index (χ4n) is 2.64. The zero-order valence-electron chi connectivity index (χ0n) is 17.7. The van der Waals surface area contributed by atoms with Gasteiger partial charge in [-0.1, -0.05) is 0 Å². The zero-order chi connectivity index (χ0) is 25.0. The Hall–Kier alpha value is -3.45. The van der Waals surface area contributed by atoms with E-state index in [0.717, 1.165) is 19.1 Å². The van der Waals surface area contributed by atoms with Crippen LogP contribution in [0.15, 0.2) is 47.4 Å². The number of nitrogens with one attached hydrogen (secondary N) is 4. The Bertz CT molecular complexity index is 1170. The van der Waals surface area contributed by atoms with Crippen LogP contribution in [0, 0.1) is 0 Å². The number of rotatable bonds is 7. The molecule has 0 aliphatic heterocycles. The summed E-state index contributed by atoms with van der Waals surface area (Å²) < 4.78 is 66.4. The molecule has 3 amide bonds. The lowest BCUT2D eigenvalue weighted by atomic mass is 10.1. The average Bonchev–Trinajstić information content (AvgIpc) is 2.67. The number of sulfonamides is 1. The van der Waals surface area contributed by atoms with E-state index in [1.54, 1.807) is 0 Å². The smallest absolute Gasteiger partial charge is 0.326 e. The quantitative estimate of drug-likeness (QED) is 0.478. The van der Waals surface area contributed by atoms with Gasteiger partial charge >= 0.3 is 6.18 Å². The van der Waals surface area contributed by atoms with Gasteiger partial charge in [0.15, 0.2) is 0 Å². The van der Waals surface area contributed by atoms with Crippen LogP contribution in [0.25, 0.3) is 0 Å². The lowest BCUT2D eigenvalue weighted by Gasteiger charge is -2.18. The molecule has 2 aromatic rings. The molecule has 2 aromatic carbocycles. The van der Waals surface area contributed by atoms with E-state index < -0.39 is 39.6 Å². The highest BCUT2D eigenvalue weighted by Crippen LogP contribution is 2.34. The minimum atomic E-state index is -4.70. The van der Waals surface area contributed by atoms with E-state index in [9.17, 15) is 36.0 Å². The van der Waals surface area contributed by atoms with Gasteiger partial charge in [-0.15, -0.1) is 0 Å². The number of benzene rings is 2. The highest BCUT2D eigenvalue weighted by molar-refractivity contribution is 7.89. The Kier molecular flexibility index (Phi) is 7.82. The standard InChI is InChI=1S/C20H21F3N4O5S/c1-11(27-33(31,32)16-7-5-15(6-8-16)24-12(2)28)19(30)26-18-10-14(20(21,22)23)4-9-17(18)25-13(3)29/h4-11,27H,1-3H3,(H,24,28)(H,25,29)(H,26,30)/t11-/m0/s1. The molecule has 0 spiro atoms. The summed E-state index contributed by atoms with van der Waals surface area (Å²) in [7, 11) is -4.18. The number of carbonyl (C=O) groups is 3. The van der Waals surface area contributed by atoms with E-state index in [1.165, 1.54) is 38.1 Å². The van der Waals surface area contributed by atoms with Crippen LogP contribution in [0.4, 0.5) is 30.2 Å². The largest absolute Gasteiger partial charge is 0.416 e. The van der Waals surface area contributed by atoms with E-state index in [2.05, 4.69) is 20.7 Å². The van der Waals surface area contributed by atoms with E-state index >= 15 is 0 Å². The first-order valence-electron chi connectivity index (χ1n) is 9.39. The Morgan fingerprint density at radius 3 is 1.94 bits per heavy atom. The molecule has 0 saturated carbocycles. The van der Waals surface area contributed by atoms with Crippen molar-refractivity contribution in [2.75, 3.05) is 16.0 Å². The third-order valence-electron chi connectivity index (χ3n) is 4.13. The van der Waals surface area contributed by atoms with Crippen molar-refractivity contribution in [1.29, 1.82) is 0 Å². The monoisotopic (exact) mass is 486 g/mol. The zero-order valence-corrected chi connectivity index (χ0v) is 18.5. The van der Waals surface area contributed by atoms with Crippen molar-refractivity contribution >= 4 is 44.8 Å². The van der Waals surface area contributed by atoms with Crippen LogP contribution < -0.4 is 20.7 Å². The normalized spacial score (nSPS) is 12.5. The van der Waals surface area contributed by atoms with Crippen molar-refractivity contribution in [3.05, 3.63) is 48.0 Å². The maximum Gasteiger partial charge on any atom is 0.416 e. The molecule has 0 aliphatic rings. The van der Waals surface area contributed by atoms with Gasteiger partial charge in [0.1, 0.15) is 0 Å². The minimum absolute atomic E-state index is 0.0903. The van der Waals surface area contributed by atoms with Gasteiger partial charge in [-0.3, -0.25) is 14.4 Å². The Labute approximate surface area is 187 Å². The molecule has 0 heterocycles. The molecule has 2 rings (SSSR count).